The quantitative estimate of drug-likeness (QED) is 0.591. The average molecular weight is 443 g/mol. The number of pyridine rings is 1. The van der Waals surface area contributed by atoms with Gasteiger partial charge in [0.05, 0.1) is 11.3 Å². The van der Waals surface area contributed by atoms with Crippen molar-refractivity contribution in [1.29, 1.82) is 5.26 Å². The van der Waals surface area contributed by atoms with Crippen LogP contribution < -0.4 is 0 Å². The van der Waals surface area contributed by atoms with Gasteiger partial charge in [0.1, 0.15) is 29.3 Å². The van der Waals surface area contributed by atoms with Crippen LogP contribution in [-0.4, -0.2) is 22.3 Å². The average Bonchev–Trinajstić information content (AvgIpc) is 2.80. The van der Waals surface area contributed by atoms with Crippen molar-refractivity contribution >= 4 is 17.3 Å². The molecule has 0 bridgehead atoms. The maximum absolute atomic E-state index is 13.3. The minimum absolute atomic E-state index is 0.0157. The van der Waals surface area contributed by atoms with Crippen LogP contribution in [0.25, 0.3) is 11.3 Å². The fourth-order valence-corrected chi connectivity index (χ4v) is 5.91. The zero-order valence-electron chi connectivity index (χ0n) is 19.6. The zero-order chi connectivity index (χ0) is 23.8. The summed E-state index contributed by atoms with van der Waals surface area (Å²) in [6.07, 6.45) is 6.12. The molecule has 5 nitrogen and oxygen atoms in total. The van der Waals surface area contributed by atoms with Gasteiger partial charge in [0.25, 0.3) is 0 Å². The lowest BCUT2D eigenvalue weighted by Crippen LogP contribution is -2.42. The Morgan fingerprint density at radius 3 is 2.18 bits per heavy atom. The maximum atomic E-state index is 13.3. The van der Waals surface area contributed by atoms with E-state index in [1.165, 1.54) is 0 Å². The minimum Gasteiger partial charge on any atom is -0.299 e. The molecule has 2 aliphatic carbocycles. The Hall–Kier alpha value is -3.13. The SMILES string of the molecule is CCC(=O)C1CCC2(CC1)CC(=O)C(c1c(C)cc(-c3ccc(C#N)cn3)cc1C)C(=O)C2. The number of aryl methyl sites for hydroxylation is 2. The molecule has 0 unspecified atom stereocenters. The highest BCUT2D eigenvalue weighted by atomic mass is 16.2. The topological polar surface area (TPSA) is 87.9 Å². The van der Waals surface area contributed by atoms with Crippen molar-refractivity contribution in [3.8, 4) is 17.3 Å². The molecule has 5 heteroatoms. The highest BCUT2D eigenvalue weighted by molar-refractivity contribution is 6.10. The molecule has 1 spiro atoms. The van der Waals surface area contributed by atoms with Crippen LogP contribution in [0.1, 0.15) is 80.0 Å². The van der Waals surface area contributed by atoms with Crippen LogP contribution in [0, 0.1) is 36.5 Å². The van der Waals surface area contributed by atoms with Crippen LogP contribution in [0.4, 0.5) is 0 Å². The van der Waals surface area contributed by atoms with Gasteiger partial charge in [-0.3, -0.25) is 19.4 Å². The summed E-state index contributed by atoms with van der Waals surface area (Å²) in [6.45, 7) is 5.79. The molecule has 1 heterocycles. The van der Waals surface area contributed by atoms with Gasteiger partial charge < -0.3 is 0 Å². The van der Waals surface area contributed by atoms with Crippen molar-refractivity contribution in [3.05, 3.63) is 52.7 Å². The summed E-state index contributed by atoms with van der Waals surface area (Å²) >= 11 is 0. The van der Waals surface area contributed by atoms with Gasteiger partial charge in [-0.2, -0.15) is 5.26 Å². The number of nitriles is 1. The number of aromatic nitrogens is 1. The molecule has 2 saturated carbocycles. The van der Waals surface area contributed by atoms with E-state index < -0.39 is 5.92 Å². The number of carbonyl (C=O) groups excluding carboxylic acids is 3. The van der Waals surface area contributed by atoms with Gasteiger partial charge in [-0.15, -0.1) is 0 Å². The number of hydrogen-bond acceptors (Lipinski definition) is 5. The number of Topliss-reactive ketones (excluding diaryl/α,β-unsaturated/α-hetero) is 3. The van der Waals surface area contributed by atoms with Crippen molar-refractivity contribution < 1.29 is 14.4 Å². The van der Waals surface area contributed by atoms with Gasteiger partial charge in [-0.25, -0.2) is 0 Å². The Kier molecular flexibility index (Phi) is 6.30. The van der Waals surface area contributed by atoms with Gasteiger partial charge in [0.2, 0.25) is 0 Å². The van der Waals surface area contributed by atoms with Gasteiger partial charge in [-0.1, -0.05) is 6.92 Å². The third-order valence-corrected chi connectivity index (χ3v) is 7.66. The Morgan fingerprint density at radius 1 is 1.09 bits per heavy atom. The molecule has 170 valence electrons. The van der Waals surface area contributed by atoms with Gasteiger partial charge in [-0.05, 0) is 85.9 Å². The van der Waals surface area contributed by atoms with E-state index in [9.17, 15) is 14.4 Å². The van der Waals surface area contributed by atoms with Crippen molar-refractivity contribution in [2.24, 2.45) is 11.3 Å². The van der Waals surface area contributed by atoms with E-state index in [2.05, 4.69) is 11.1 Å². The van der Waals surface area contributed by atoms with Crippen molar-refractivity contribution in [3.63, 3.8) is 0 Å². The fraction of sp³-hybridized carbons (Fsp3) is 0.464. The summed E-state index contributed by atoms with van der Waals surface area (Å²) in [5.74, 6) is -0.270. The lowest BCUT2D eigenvalue weighted by molar-refractivity contribution is -0.138. The molecule has 0 saturated heterocycles. The maximum Gasteiger partial charge on any atom is 0.148 e. The van der Waals surface area contributed by atoms with Crippen molar-refractivity contribution in [2.45, 2.75) is 71.6 Å². The predicted molar refractivity (Wildman–Crippen MR) is 126 cm³/mol. The van der Waals surface area contributed by atoms with Crippen LogP contribution in [0.15, 0.2) is 30.5 Å². The summed E-state index contributed by atoms with van der Waals surface area (Å²) in [5, 5.41) is 8.99. The van der Waals surface area contributed by atoms with Crippen LogP contribution in [0.2, 0.25) is 0 Å². The second-order valence-corrected chi connectivity index (χ2v) is 9.88. The Morgan fingerprint density at radius 2 is 1.70 bits per heavy atom. The Bertz CT molecular complexity index is 1110. The molecule has 2 fully saturated rings. The Balaban J connectivity index is 1.56. The van der Waals surface area contributed by atoms with Crippen LogP contribution in [-0.2, 0) is 14.4 Å². The smallest absolute Gasteiger partial charge is 0.148 e. The molecule has 33 heavy (non-hydrogen) atoms. The molecule has 1 aromatic carbocycles. The number of benzene rings is 1. The number of nitrogens with zero attached hydrogens (tertiary/aromatic N) is 2. The lowest BCUT2D eigenvalue weighted by Gasteiger charge is -2.43. The largest absolute Gasteiger partial charge is 0.299 e. The predicted octanol–water partition coefficient (Wildman–Crippen LogP) is 5.41. The van der Waals surface area contributed by atoms with Crippen LogP contribution >= 0.6 is 0 Å². The first-order valence-electron chi connectivity index (χ1n) is 11.8. The van der Waals surface area contributed by atoms with E-state index in [-0.39, 0.29) is 22.9 Å². The standard InChI is InChI=1S/C28H30N2O3/c1-4-23(31)20-7-9-28(10-8-20)13-24(32)27(25(33)14-28)26-17(2)11-21(12-18(26)3)22-6-5-19(15-29)16-30-22/h5-6,11-12,16,20,27H,4,7-10,13-14H2,1-3H3. The summed E-state index contributed by atoms with van der Waals surface area (Å²) in [4.78, 5) is 43.2. The first-order valence-corrected chi connectivity index (χ1v) is 11.8. The highest BCUT2D eigenvalue weighted by Crippen LogP contribution is 2.50. The van der Waals surface area contributed by atoms with Crippen molar-refractivity contribution in [2.75, 3.05) is 0 Å². The second kappa shape index (κ2) is 9.02. The second-order valence-electron chi connectivity index (χ2n) is 9.88. The van der Waals surface area contributed by atoms with E-state index in [0.717, 1.165) is 53.6 Å². The molecule has 1 aromatic heterocycles. The minimum atomic E-state index is -0.700. The fourth-order valence-electron chi connectivity index (χ4n) is 5.91. The first kappa shape index (κ1) is 23.0. The molecule has 0 atom stereocenters. The van der Waals surface area contributed by atoms with Crippen molar-refractivity contribution in [1.82, 2.24) is 4.98 Å². The summed E-state index contributed by atoms with van der Waals surface area (Å²) in [5.41, 5.74) is 4.56. The molecule has 0 amide bonds. The van der Waals surface area contributed by atoms with E-state index in [1.54, 1.807) is 12.3 Å². The molecule has 0 N–H and O–H groups in total. The molecular formula is C28H30N2O3. The van der Waals surface area contributed by atoms with Crippen LogP contribution in [0.5, 0.6) is 0 Å². The molecule has 2 aliphatic rings. The van der Waals surface area contributed by atoms with Crippen LogP contribution in [0.3, 0.4) is 0 Å². The monoisotopic (exact) mass is 442 g/mol. The highest BCUT2D eigenvalue weighted by Gasteiger charge is 2.48. The molecular weight excluding hydrogens is 412 g/mol. The van der Waals surface area contributed by atoms with E-state index in [0.29, 0.717) is 30.6 Å². The first-order chi connectivity index (χ1) is 15.8. The number of ketones is 3. The van der Waals surface area contributed by atoms with E-state index in [4.69, 9.17) is 5.26 Å². The third-order valence-electron chi connectivity index (χ3n) is 7.66. The van der Waals surface area contributed by atoms with E-state index >= 15 is 0 Å². The number of rotatable bonds is 4. The zero-order valence-corrected chi connectivity index (χ0v) is 19.6. The third kappa shape index (κ3) is 4.39. The lowest BCUT2D eigenvalue weighted by atomic mass is 9.59. The number of hydrogen-bond donors (Lipinski definition) is 0. The molecule has 4 rings (SSSR count). The normalized spacial score (nSPS) is 25.2. The molecule has 0 aliphatic heterocycles. The summed E-state index contributed by atoms with van der Waals surface area (Å²) < 4.78 is 0. The molecule has 0 radical (unpaired) electrons. The molecule has 2 aromatic rings. The van der Waals surface area contributed by atoms with Gasteiger partial charge >= 0.3 is 0 Å². The van der Waals surface area contributed by atoms with Gasteiger partial charge in [0, 0.05) is 36.9 Å². The van der Waals surface area contributed by atoms with Gasteiger partial charge in [0.15, 0.2) is 0 Å². The van der Waals surface area contributed by atoms with E-state index in [1.807, 2.05) is 39.0 Å². The Labute approximate surface area is 195 Å². The summed E-state index contributed by atoms with van der Waals surface area (Å²) in [7, 11) is 0. The summed E-state index contributed by atoms with van der Waals surface area (Å²) in [6, 6.07) is 9.57. The number of carbonyl (C=O) groups is 3.